The summed E-state index contributed by atoms with van der Waals surface area (Å²) in [6.45, 7) is 3.47. The van der Waals surface area contributed by atoms with E-state index in [1.807, 2.05) is 0 Å². The summed E-state index contributed by atoms with van der Waals surface area (Å²) in [7, 11) is 0. The van der Waals surface area contributed by atoms with Gasteiger partial charge in [-0.1, -0.05) is 23.3 Å². The zero-order chi connectivity index (χ0) is 9.10. The van der Waals surface area contributed by atoms with Crippen LogP contribution >= 0.6 is 0 Å². The van der Waals surface area contributed by atoms with Gasteiger partial charge >= 0.3 is 0 Å². The zero-order valence-corrected chi connectivity index (χ0v) is 8.47. The molecule has 2 rings (SSSR count). The van der Waals surface area contributed by atoms with Gasteiger partial charge in [-0.3, -0.25) is 0 Å². The molecule has 0 amide bonds. The van der Waals surface area contributed by atoms with Gasteiger partial charge in [0, 0.05) is 6.04 Å². The van der Waals surface area contributed by atoms with Crippen molar-refractivity contribution in [2.24, 2.45) is 0 Å². The van der Waals surface area contributed by atoms with E-state index in [0.717, 1.165) is 0 Å². The Bertz CT molecular complexity index is 238. The fraction of sp³-hybridized carbons (Fsp3) is 0.667. The van der Waals surface area contributed by atoms with Gasteiger partial charge in [-0.15, -0.1) is 0 Å². The summed E-state index contributed by atoms with van der Waals surface area (Å²) < 4.78 is 0. The van der Waals surface area contributed by atoms with Gasteiger partial charge in [-0.05, 0) is 45.6 Å². The number of rotatable bonds is 1. The molecule has 0 radical (unpaired) electrons. The first-order chi connectivity index (χ1) is 6.36. The Morgan fingerprint density at radius 2 is 2.31 bits per heavy atom. The number of piperidine rings is 1. The monoisotopic (exact) mass is 177 g/mol. The molecule has 0 aromatic heterocycles. The molecule has 0 aromatic rings. The van der Waals surface area contributed by atoms with Gasteiger partial charge < -0.3 is 5.32 Å². The molecule has 1 N–H and O–H groups in total. The summed E-state index contributed by atoms with van der Waals surface area (Å²) in [5, 5.41) is 3.51. The van der Waals surface area contributed by atoms with E-state index in [1.165, 1.54) is 38.6 Å². The average Bonchev–Trinajstić information content (AvgIpc) is 2.61. The third kappa shape index (κ3) is 2.22. The second kappa shape index (κ2) is 4.10. The second-order valence-electron chi connectivity index (χ2n) is 4.17. The molecule has 1 heterocycles. The van der Waals surface area contributed by atoms with Gasteiger partial charge in [-0.2, -0.15) is 0 Å². The molecule has 1 heteroatoms. The highest BCUT2D eigenvalue weighted by molar-refractivity contribution is 5.29. The lowest BCUT2D eigenvalue weighted by Crippen LogP contribution is -2.33. The van der Waals surface area contributed by atoms with Gasteiger partial charge in [0.05, 0.1) is 0 Å². The predicted molar refractivity (Wildman–Crippen MR) is 56.7 cm³/mol. The Hall–Kier alpha value is -0.560. The van der Waals surface area contributed by atoms with Crippen molar-refractivity contribution in [3.63, 3.8) is 0 Å². The van der Waals surface area contributed by atoms with Gasteiger partial charge in [0.25, 0.3) is 0 Å². The molecule has 1 fully saturated rings. The minimum atomic E-state index is 0.607. The summed E-state index contributed by atoms with van der Waals surface area (Å²) in [6, 6.07) is 0.607. The van der Waals surface area contributed by atoms with E-state index < -0.39 is 0 Å². The summed E-state index contributed by atoms with van der Waals surface area (Å²) in [5.41, 5.74) is 3.19. The van der Waals surface area contributed by atoms with Crippen LogP contribution in [-0.4, -0.2) is 12.6 Å². The molecule has 0 spiro atoms. The standard InChI is InChI=1S/C12H19N/c1-10-12(7-4-8-13-10)9-11-5-2-3-6-11/h5,9-10,13H,2-4,6-8H2,1H3/b12-9-. The van der Waals surface area contributed by atoms with Crippen molar-refractivity contribution in [2.75, 3.05) is 6.54 Å². The van der Waals surface area contributed by atoms with Crippen LogP contribution in [0.5, 0.6) is 0 Å². The van der Waals surface area contributed by atoms with Crippen LogP contribution in [0.25, 0.3) is 0 Å². The smallest absolute Gasteiger partial charge is 0.0254 e. The number of hydrogen-bond donors (Lipinski definition) is 1. The Morgan fingerprint density at radius 1 is 1.38 bits per heavy atom. The molecular formula is C12H19N. The minimum absolute atomic E-state index is 0.607. The quantitative estimate of drug-likeness (QED) is 0.649. The highest BCUT2D eigenvalue weighted by atomic mass is 14.9. The first kappa shape index (κ1) is 9.01. The topological polar surface area (TPSA) is 12.0 Å². The van der Waals surface area contributed by atoms with E-state index in [4.69, 9.17) is 0 Å². The predicted octanol–water partition coefficient (Wildman–Crippen LogP) is 2.80. The fourth-order valence-electron chi connectivity index (χ4n) is 2.22. The van der Waals surface area contributed by atoms with E-state index in [1.54, 1.807) is 11.1 Å². The third-order valence-electron chi connectivity index (χ3n) is 3.10. The highest BCUT2D eigenvalue weighted by Gasteiger charge is 2.13. The van der Waals surface area contributed by atoms with Crippen molar-refractivity contribution in [3.05, 3.63) is 23.3 Å². The first-order valence-electron chi connectivity index (χ1n) is 5.49. The normalized spacial score (nSPS) is 32.2. The van der Waals surface area contributed by atoms with Crippen LogP contribution in [0, 0.1) is 0 Å². The fourth-order valence-corrected chi connectivity index (χ4v) is 2.22. The van der Waals surface area contributed by atoms with Crippen LogP contribution < -0.4 is 5.32 Å². The summed E-state index contributed by atoms with van der Waals surface area (Å²) >= 11 is 0. The highest BCUT2D eigenvalue weighted by Crippen LogP contribution is 2.23. The molecule has 0 aromatic carbocycles. The molecule has 1 aliphatic carbocycles. The van der Waals surface area contributed by atoms with Crippen molar-refractivity contribution in [3.8, 4) is 0 Å². The van der Waals surface area contributed by atoms with Crippen LogP contribution in [0.15, 0.2) is 23.3 Å². The van der Waals surface area contributed by atoms with E-state index in [-0.39, 0.29) is 0 Å². The maximum Gasteiger partial charge on any atom is 0.0254 e. The Labute approximate surface area is 80.9 Å². The van der Waals surface area contributed by atoms with Crippen molar-refractivity contribution in [2.45, 2.75) is 45.1 Å². The van der Waals surface area contributed by atoms with Crippen molar-refractivity contribution in [1.29, 1.82) is 0 Å². The molecule has 0 bridgehead atoms. The summed E-state index contributed by atoms with van der Waals surface area (Å²) in [4.78, 5) is 0. The van der Waals surface area contributed by atoms with E-state index in [0.29, 0.717) is 6.04 Å². The molecule has 2 aliphatic rings. The molecule has 72 valence electrons. The molecule has 0 saturated carbocycles. The van der Waals surface area contributed by atoms with Gasteiger partial charge in [0.15, 0.2) is 0 Å². The Kier molecular flexibility index (Phi) is 2.84. The zero-order valence-electron chi connectivity index (χ0n) is 8.47. The van der Waals surface area contributed by atoms with E-state index in [9.17, 15) is 0 Å². The van der Waals surface area contributed by atoms with Crippen molar-refractivity contribution in [1.82, 2.24) is 5.32 Å². The van der Waals surface area contributed by atoms with Gasteiger partial charge in [0.1, 0.15) is 0 Å². The lowest BCUT2D eigenvalue weighted by atomic mass is 9.96. The Balaban J connectivity index is 2.04. The lowest BCUT2D eigenvalue weighted by Gasteiger charge is -2.23. The summed E-state index contributed by atoms with van der Waals surface area (Å²) in [5.74, 6) is 0. The second-order valence-corrected chi connectivity index (χ2v) is 4.17. The minimum Gasteiger partial charge on any atom is -0.311 e. The molecule has 1 nitrogen and oxygen atoms in total. The number of allylic oxidation sites excluding steroid dienone is 3. The van der Waals surface area contributed by atoms with Crippen molar-refractivity contribution < 1.29 is 0 Å². The van der Waals surface area contributed by atoms with Crippen LogP contribution in [0.1, 0.15) is 39.0 Å². The molecule has 1 atom stereocenters. The number of nitrogens with one attached hydrogen (secondary N) is 1. The number of hydrogen-bond acceptors (Lipinski definition) is 1. The SMILES string of the molecule is CC1NCCC/C1=C/C1=CCCC1. The Morgan fingerprint density at radius 3 is 3.00 bits per heavy atom. The average molecular weight is 177 g/mol. The largest absolute Gasteiger partial charge is 0.311 e. The molecule has 13 heavy (non-hydrogen) atoms. The van der Waals surface area contributed by atoms with E-state index in [2.05, 4.69) is 24.4 Å². The molecule has 1 unspecified atom stereocenters. The van der Waals surface area contributed by atoms with Crippen LogP contribution in [0.2, 0.25) is 0 Å². The van der Waals surface area contributed by atoms with Crippen LogP contribution in [-0.2, 0) is 0 Å². The van der Waals surface area contributed by atoms with Crippen LogP contribution in [0.3, 0.4) is 0 Å². The lowest BCUT2D eigenvalue weighted by molar-refractivity contribution is 0.516. The molecule has 1 saturated heterocycles. The molecule has 1 aliphatic heterocycles. The first-order valence-corrected chi connectivity index (χ1v) is 5.49. The molecular weight excluding hydrogens is 158 g/mol. The van der Waals surface area contributed by atoms with Crippen LogP contribution in [0.4, 0.5) is 0 Å². The van der Waals surface area contributed by atoms with Crippen molar-refractivity contribution >= 4 is 0 Å². The van der Waals surface area contributed by atoms with Gasteiger partial charge in [-0.25, -0.2) is 0 Å². The third-order valence-corrected chi connectivity index (χ3v) is 3.10. The summed E-state index contributed by atoms with van der Waals surface area (Å²) in [6.07, 6.45) is 11.4. The maximum atomic E-state index is 3.51. The van der Waals surface area contributed by atoms with Gasteiger partial charge in [0.2, 0.25) is 0 Å². The maximum absolute atomic E-state index is 3.51. The van der Waals surface area contributed by atoms with E-state index >= 15 is 0 Å².